The van der Waals surface area contributed by atoms with Gasteiger partial charge in [0.25, 0.3) is 0 Å². The predicted molar refractivity (Wildman–Crippen MR) is 69.4 cm³/mol. The fourth-order valence-corrected chi connectivity index (χ4v) is 3.41. The third-order valence-corrected chi connectivity index (χ3v) is 4.95. The van der Waals surface area contributed by atoms with E-state index >= 15 is 0 Å². The molecular formula is C12H16BrNS. The highest BCUT2D eigenvalue weighted by Gasteiger charge is 2.15. The molecule has 0 unspecified atom stereocenters. The monoisotopic (exact) mass is 285 g/mol. The lowest BCUT2D eigenvalue weighted by Crippen LogP contribution is -2.08. The molecule has 0 amide bonds. The molecule has 1 aromatic rings. The topological polar surface area (TPSA) is 12.9 Å². The minimum absolute atomic E-state index is 0.798. The van der Waals surface area contributed by atoms with E-state index in [9.17, 15) is 0 Å². The molecule has 0 aliphatic heterocycles. The number of aryl methyl sites for hydroxylation is 1. The minimum Gasteiger partial charge on any atom is -0.246 e. The summed E-state index contributed by atoms with van der Waals surface area (Å²) in [5.41, 5.74) is 1.09. The summed E-state index contributed by atoms with van der Waals surface area (Å²) >= 11 is 5.44. The maximum absolute atomic E-state index is 4.58. The second kappa shape index (κ2) is 5.35. The van der Waals surface area contributed by atoms with Gasteiger partial charge in [0.2, 0.25) is 0 Å². The molecule has 1 aromatic heterocycles. The molecule has 0 N–H and O–H groups in total. The quantitative estimate of drug-likeness (QED) is 0.789. The first-order valence-corrected chi connectivity index (χ1v) is 7.23. The van der Waals surface area contributed by atoms with Crippen molar-refractivity contribution in [1.29, 1.82) is 0 Å². The Bertz CT molecular complexity index is 334. The van der Waals surface area contributed by atoms with Crippen molar-refractivity contribution in [2.75, 3.05) is 0 Å². The molecule has 1 heterocycles. The summed E-state index contributed by atoms with van der Waals surface area (Å²) in [6.45, 7) is 2.05. The number of nitrogens with zero attached hydrogens (tertiary/aromatic N) is 1. The van der Waals surface area contributed by atoms with Gasteiger partial charge in [0.1, 0.15) is 0 Å². The van der Waals surface area contributed by atoms with Gasteiger partial charge in [-0.3, -0.25) is 0 Å². The lowest BCUT2D eigenvalue weighted by Gasteiger charge is -2.20. The Morgan fingerprint density at radius 3 is 2.67 bits per heavy atom. The van der Waals surface area contributed by atoms with Gasteiger partial charge in [-0.1, -0.05) is 19.3 Å². The van der Waals surface area contributed by atoms with Crippen molar-refractivity contribution in [3.63, 3.8) is 0 Å². The van der Waals surface area contributed by atoms with Crippen LogP contribution in [0.4, 0.5) is 0 Å². The van der Waals surface area contributed by atoms with E-state index in [1.165, 1.54) is 37.1 Å². The van der Waals surface area contributed by atoms with Crippen molar-refractivity contribution in [1.82, 2.24) is 4.98 Å². The van der Waals surface area contributed by atoms with Gasteiger partial charge in [0, 0.05) is 9.72 Å². The Morgan fingerprint density at radius 1 is 1.27 bits per heavy atom. The number of thioether (sulfide) groups is 1. The third kappa shape index (κ3) is 3.22. The van der Waals surface area contributed by atoms with Crippen LogP contribution in [0.2, 0.25) is 0 Å². The van der Waals surface area contributed by atoms with Crippen LogP contribution in [0.1, 0.15) is 37.8 Å². The molecule has 1 fully saturated rings. The van der Waals surface area contributed by atoms with Crippen LogP contribution in [0.3, 0.4) is 0 Å². The first-order chi connectivity index (χ1) is 7.25. The van der Waals surface area contributed by atoms with Crippen molar-refractivity contribution >= 4 is 27.7 Å². The summed E-state index contributed by atoms with van der Waals surface area (Å²) in [6.07, 6.45) is 6.94. The van der Waals surface area contributed by atoms with Crippen LogP contribution in [0, 0.1) is 6.92 Å². The standard InChI is InChI=1S/C12H16BrNS/c1-9-11(13)7-8-12(14-9)15-10-5-3-2-4-6-10/h7-8,10H,2-6H2,1H3. The zero-order valence-corrected chi connectivity index (χ0v) is 11.4. The second-order valence-corrected chi connectivity index (χ2v) is 6.27. The maximum atomic E-state index is 4.58. The fraction of sp³-hybridized carbons (Fsp3) is 0.583. The zero-order chi connectivity index (χ0) is 10.7. The van der Waals surface area contributed by atoms with E-state index in [-0.39, 0.29) is 0 Å². The predicted octanol–water partition coefficient (Wildman–Crippen LogP) is 4.58. The average molecular weight is 286 g/mol. The Hall–Kier alpha value is -0.0200. The summed E-state index contributed by atoms with van der Waals surface area (Å²) in [5, 5.41) is 1.98. The molecule has 0 aromatic carbocycles. The highest BCUT2D eigenvalue weighted by atomic mass is 79.9. The molecule has 3 heteroatoms. The third-order valence-electron chi connectivity index (χ3n) is 2.84. The summed E-state index contributed by atoms with van der Waals surface area (Å²) in [6, 6.07) is 4.23. The highest BCUT2D eigenvalue weighted by Crippen LogP contribution is 2.33. The van der Waals surface area contributed by atoms with Gasteiger partial charge in [0.05, 0.1) is 10.7 Å². The van der Waals surface area contributed by atoms with Crippen LogP contribution in [0.25, 0.3) is 0 Å². The smallest absolute Gasteiger partial charge is 0.0966 e. The molecule has 1 aliphatic carbocycles. The van der Waals surface area contributed by atoms with Gasteiger partial charge in [-0.15, -0.1) is 11.8 Å². The van der Waals surface area contributed by atoms with E-state index in [4.69, 9.17) is 0 Å². The van der Waals surface area contributed by atoms with Crippen LogP contribution in [-0.2, 0) is 0 Å². The SMILES string of the molecule is Cc1nc(SC2CCCCC2)ccc1Br. The molecule has 0 spiro atoms. The zero-order valence-electron chi connectivity index (χ0n) is 9.00. The molecule has 0 saturated heterocycles. The van der Waals surface area contributed by atoms with E-state index in [2.05, 4.69) is 40.0 Å². The fourth-order valence-electron chi connectivity index (χ4n) is 1.94. The lowest BCUT2D eigenvalue weighted by atomic mass is 10.0. The van der Waals surface area contributed by atoms with E-state index in [0.29, 0.717) is 0 Å². The van der Waals surface area contributed by atoms with Crippen molar-refractivity contribution in [2.45, 2.75) is 49.3 Å². The van der Waals surface area contributed by atoms with Crippen LogP contribution in [-0.4, -0.2) is 10.2 Å². The molecule has 0 bridgehead atoms. The Morgan fingerprint density at radius 2 is 2.00 bits per heavy atom. The van der Waals surface area contributed by atoms with Gasteiger partial charge < -0.3 is 0 Å². The number of hydrogen-bond donors (Lipinski definition) is 0. The van der Waals surface area contributed by atoms with E-state index in [1.807, 2.05) is 11.8 Å². The molecule has 82 valence electrons. The molecule has 0 radical (unpaired) electrons. The Balaban J connectivity index is 2.00. The lowest BCUT2D eigenvalue weighted by molar-refractivity contribution is 0.515. The van der Waals surface area contributed by atoms with Gasteiger partial charge >= 0.3 is 0 Å². The first-order valence-electron chi connectivity index (χ1n) is 5.55. The number of aromatic nitrogens is 1. The van der Waals surface area contributed by atoms with Gasteiger partial charge in [0.15, 0.2) is 0 Å². The summed E-state index contributed by atoms with van der Waals surface area (Å²) in [7, 11) is 0. The van der Waals surface area contributed by atoms with Crippen molar-refractivity contribution in [2.24, 2.45) is 0 Å². The normalized spacial score (nSPS) is 18.0. The maximum Gasteiger partial charge on any atom is 0.0966 e. The summed E-state index contributed by atoms with van der Waals surface area (Å²) in [5.74, 6) is 0. The number of halogens is 1. The minimum atomic E-state index is 0.798. The molecule has 0 atom stereocenters. The van der Waals surface area contributed by atoms with Crippen molar-refractivity contribution in [3.05, 3.63) is 22.3 Å². The second-order valence-electron chi connectivity index (χ2n) is 4.09. The average Bonchev–Trinajstić information content (AvgIpc) is 2.25. The first kappa shape index (κ1) is 11.5. The van der Waals surface area contributed by atoms with Gasteiger partial charge in [-0.2, -0.15) is 0 Å². The van der Waals surface area contributed by atoms with Crippen molar-refractivity contribution < 1.29 is 0 Å². The van der Waals surface area contributed by atoms with Crippen molar-refractivity contribution in [3.8, 4) is 0 Å². The largest absolute Gasteiger partial charge is 0.246 e. The van der Waals surface area contributed by atoms with Gasteiger partial charge in [-0.25, -0.2) is 4.98 Å². The van der Waals surface area contributed by atoms with Crippen LogP contribution in [0.15, 0.2) is 21.6 Å². The van der Waals surface area contributed by atoms with Crippen LogP contribution >= 0.6 is 27.7 Å². The van der Waals surface area contributed by atoms with Gasteiger partial charge in [-0.05, 0) is 47.8 Å². The summed E-state index contributed by atoms with van der Waals surface area (Å²) < 4.78 is 1.11. The molecule has 1 nitrogen and oxygen atoms in total. The van der Waals surface area contributed by atoms with Crippen LogP contribution < -0.4 is 0 Å². The summed E-state index contributed by atoms with van der Waals surface area (Å²) in [4.78, 5) is 4.58. The van der Waals surface area contributed by atoms with E-state index in [1.54, 1.807) is 0 Å². The molecule has 1 aliphatic rings. The number of hydrogen-bond acceptors (Lipinski definition) is 2. The molecule has 1 saturated carbocycles. The number of rotatable bonds is 2. The van der Waals surface area contributed by atoms with E-state index < -0.39 is 0 Å². The highest BCUT2D eigenvalue weighted by molar-refractivity contribution is 9.10. The Kier molecular flexibility index (Phi) is 4.09. The van der Waals surface area contributed by atoms with Crippen LogP contribution in [0.5, 0.6) is 0 Å². The van der Waals surface area contributed by atoms with E-state index in [0.717, 1.165) is 15.4 Å². The number of pyridine rings is 1. The molecular weight excluding hydrogens is 270 g/mol. The Labute approximate surface area is 104 Å². The molecule has 15 heavy (non-hydrogen) atoms. The molecule has 2 rings (SSSR count).